The van der Waals surface area contributed by atoms with E-state index in [0.717, 1.165) is 30.5 Å². The predicted octanol–water partition coefficient (Wildman–Crippen LogP) is 4.13. The van der Waals surface area contributed by atoms with Crippen molar-refractivity contribution >= 4 is 29.4 Å². The number of pyridine rings is 2. The summed E-state index contributed by atoms with van der Waals surface area (Å²) in [5, 5.41) is 5.21. The van der Waals surface area contributed by atoms with Gasteiger partial charge in [-0.25, -0.2) is 9.78 Å². The number of amides is 3. The highest BCUT2D eigenvalue weighted by atomic mass is 16.6. The summed E-state index contributed by atoms with van der Waals surface area (Å²) in [6, 6.07) is 5.28. The van der Waals surface area contributed by atoms with Gasteiger partial charge in [0, 0.05) is 12.7 Å². The van der Waals surface area contributed by atoms with E-state index in [0.29, 0.717) is 23.6 Å². The molecule has 0 aromatic carbocycles. The first-order chi connectivity index (χ1) is 15.5. The second-order valence-electron chi connectivity index (χ2n) is 9.24. The molecule has 0 aliphatic carbocycles. The lowest BCUT2D eigenvalue weighted by molar-refractivity contribution is -0.146. The third-order valence-electron chi connectivity index (χ3n) is 5.19. The van der Waals surface area contributed by atoms with E-state index in [1.807, 2.05) is 19.1 Å². The Bertz CT molecular complexity index is 1030. The molecule has 2 N–H and O–H groups in total. The van der Waals surface area contributed by atoms with Crippen molar-refractivity contribution in [3.63, 3.8) is 0 Å². The minimum absolute atomic E-state index is 0.224. The van der Waals surface area contributed by atoms with Crippen molar-refractivity contribution in [3.05, 3.63) is 47.4 Å². The molecule has 3 rings (SSSR count). The highest BCUT2D eigenvalue weighted by Crippen LogP contribution is 2.30. The summed E-state index contributed by atoms with van der Waals surface area (Å²) in [4.78, 5) is 47.9. The van der Waals surface area contributed by atoms with Crippen molar-refractivity contribution in [3.8, 4) is 0 Å². The molecule has 33 heavy (non-hydrogen) atoms. The Balaban J connectivity index is 1.67. The van der Waals surface area contributed by atoms with Gasteiger partial charge in [0.25, 0.3) is 0 Å². The van der Waals surface area contributed by atoms with Gasteiger partial charge in [-0.05, 0) is 77.1 Å². The Labute approximate surface area is 193 Å². The molecule has 2 aromatic heterocycles. The number of piperidine rings is 1. The summed E-state index contributed by atoms with van der Waals surface area (Å²) in [6.07, 6.45) is 5.12. The minimum atomic E-state index is -0.733. The first kappa shape index (κ1) is 24.2. The van der Waals surface area contributed by atoms with Crippen LogP contribution in [0.1, 0.15) is 62.9 Å². The van der Waals surface area contributed by atoms with Crippen LogP contribution in [-0.4, -0.2) is 44.9 Å². The second kappa shape index (κ2) is 9.97. The van der Waals surface area contributed by atoms with Crippen LogP contribution >= 0.6 is 0 Å². The van der Waals surface area contributed by atoms with Gasteiger partial charge >= 0.3 is 17.9 Å². The zero-order valence-electron chi connectivity index (χ0n) is 19.8. The standard InChI is InChI=1S/C24H31N5O4/c1-15-9-10-18(25-13-15)19-8-6-7-11-29(19)22(31)21(30)27-17-12-16(2)20(26-14-17)28-23(32)33-24(3,4)5/h9-10,12-14,19H,6-8,11H2,1-5H3,(H,27,30)(H,26,28,32)/t19-/m0/s1. The highest BCUT2D eigenvalue weighted by molar-refractivity contribution is 6.39. The van der Waals surface area contributed by atoms with Crippen molar-refractivity contribution in [2.75, 3.05) is 17.2 Å². The number of hydrogen-bond acceptors (Lipinski definition) is 6. The topological polar surface area (TPSA) is 114 Å². The van der Waals surface area contributed by atoms with E-state index in [-0.39, 0.29) is 6.04 Å². The lowest BCUT2D eigenvalue weighted by Gasteiger charge is -2.34. The van der Waals surface area contributed by atoms with Crippen LogP contribution in [0.25, 0.3) is 0 Å². The highest BCUT2D eigenvalue weighted by Gasteiger charge is 2.32. The second-order valence-corrected chi connectivity index (χ2v) is 9.24. The van der Waals surface area contributed by atoms with Crippen molar-refractivity contribution in [2.45, 2.75) is 65.5 Å². The number of nitrogens with one attached hydrogen (secondary N) is 2. The molecule has 1 aliphatic heterocycles. The van der Waals surface area contributed by atoms with Gasteiger partial charge in [0.2, 0.25) is 0 Å². The van der Waals surface area contributed by atoms with E-state index in [9.17, 15) is 14.4 Å². The van der Waals surface area contributed by atoms with E-state index in [2.05, 4.69) is 20.6 Å². The van der Waals surface area contributed by atoms with Crippen LogP contribution in [0, 0.1) is 13.8 Å². The number of hydrogen-bond donors (Lipinski definition) is 2. The van der Waals surface area contributed by atoms with Gasteiger partial charge in [-0.2, -0.15) is 0 Å². The molecule has 1 fully saturated rings. The number of carbonyl (C=O) groups is 3. The van der Waals surface area contributed by atoms with E-state index in [1.54, 1.807) is 44.9 Å². The van der Waals surface area contributed by atoms with Crippen LogP contribution in [0.15, 0.2) is 30.6 Å². The molecule has 1 atom stereocenters. The lowest BCUT2D eigenvalue weighted by Crippen LogP contribution is -2.44. The van der Waals surface area contributed by atoms with Gasteiger partial charge in [0.15, 0.2) is 0 Å². The number of anilines is 2. The van der Waals surface area contributed by atoms with E-state index in [4.69, 9.17) is 4.74 Å². The molecule has 2 aromatic rings. The fraction of sp³-hybridized carbons (Fsp3) is 0.458. The van der Waals surface area contributed by atoms with Gasteiger partial charge in [-0.3, -0.25) is 19.9 Å². The van der Waals surface area contributed by atoms with Crippen molar-refractivity contribution < 1.29 is 19.1 Å². The van der Waals surface area contributed by atoms with Crippen molar-refractivity contribution in [1.82, 2.24) is 14.9 Å². The number of carbonyl (C=O) groups excluding carboxylic acids is 3. The van der Waals surface area contributed by atoms with E-state index >= 15 is 0 Å². The molecule has 0 radical (unpaired) electrons. The average Bonchev–Trinajstić information content (AvgIpc) is 2.74. The molecule has 0 saturated carbocycles. The SMILES string of the molecule is Cc1ccc([C@@H]2CCCCN2C(=O)C(=O)Nc2cnc(NC(=O)OC(C)(C)C)c(C)c2)nc1. The number of rotatable bonds is 3. The molecule has 1 saturated heterocycles. The first-order valence-electron chi connectivity index (χ1n) is 11.0. The number of ether oxygens (including phenoxy) is 1. The quantitative estimate of drug-likeness (QED) is 0.676. The average molecular weight is 454 g/mol. The van der Waals surface area contributed by atoms with Crippen molar-refractivity contribution in [2.24, 2.45) is 0 Å². The summed E-state index contributed by atoms with van der Waals surface area (Å²) in [5.74, 6) is -1.02. The molecule has 9 heteroatoms. The van der Waals surface area contributed by atoms with Gasteiger partial charge in [-0.15, -0.1) is 0 Å². The molecular weight excluding hydrogens is 422 g/mol. The van der Waals surface area contributed by atoms with Crippen LogP contribution in [0.3, 0.4) is 0 Å². The monoisotopic (exact) mass is 453 g/mol. The maximum atomic E-state index is 13.0. The zero-order chi connectivity index (χ0) is 24.2. The number of likely N-dealkylation sites (tertiary alicyclic amines) is 1. The Hall–Kier alpha value is -3.49. The maximum absolute atomic E-state index is 13.0. The third-order valence-corrected chi connectivity index (χ3v) is 5.19. The fourth-order valence-electron chi connectivity index (χ4n) is 3.65. The van der Waals surface area contributed by atoms with Crippen LogP contribution < -0.4 is 10.6 Å². The van der Waals surface area contributed by atoms with Gasteiger partial charge < -0.3 is 15.0 Å². The molecular formula is C24H31N5O4. The molecule has 0 spiro atoms. The predicted molar refractivity (Wildman–Crippen MR) is 125 cm³/mol. The van der Waals surface area contributed by atoms with Gasteiger partial charge in [-0.1, -0.05) is 6.07 Å². The Morgan fingerprint density at radius 3 is 2.45 bits per heavy atom. The molecule has 176 valence electrons. The van der Waals surface area contributed by atoms with Crippen LogP contribution in [0.5, 0.6) is 0 Å². The number of nitrogens with zero attached hydrogens (tertiary/aromatic N) is 3. The third kappa shape index (κ3) is 6.50. The lowest BCUT2D eigenvalue weighted by atomic mass is 9.98. The summed E-state index contributed by atoms with van der Waals surface area (Å²) in [7, 11) is 0. The van der Waals surface area contributed by atoms with Gasteiger partial charge in [0.05, 0.1) is 23.6 Å². The number of aryl methyl sites for hydroxylation is 2. The summed E-state index contributed by atoms with van der Waals surface area (Å²) in [5.41, 5.74) is 2.18. The van der Waals surface area contributed by atoms with E-state index in [1.165, 1.54) is 6.20 Å². The maximum Gasteiger partial charge on any atom is 0.413 e. The Morgan fingerprint density at radius 2 is 1.82 bits per heavy atom. The summed E-state index contributed by atoms with van der Waals surface area (Å²) < 4.78 is 5.23. The number of aromatic nitrogens is 2. The minimum Gasteiger partial charge on any atom is -0.444 e. The summed E-state index contributed by atoms with van der Waals surface area (Å²) in [6.45, 7) is 9.50. The first-order valence-corrected chi connectivity index (χ1v) is 11.0. The zero-order valence-corrected chi connectivity index (χ0v) is 19.8. The van der Waals surface area contributed by atoms with Gasteiger partial charge in [0.1, 0.15) is 11.4 Å². The van der Waals surface area contributed by atoms with Crippen LogP contribution in [-0.2, 0) is 14.3 Å². The van der Waals surface area contributed by atoms with E-state index < -0.39 is 23.5 Å². The largest absolute Gasteiger partial charge is 0.444 e. The molecule has 0 bridgehead atoms. The molecule has 0 unspecified atom stereocenters. The van der Waals surface area contributed by atoms with Crippen molar-refractivity contribution in [1.29, 1.82) is 0 Å². The smallest absolute Gasteiger partial charge is 0.413 e. The molecule has 3 heterocycles. The fourth-order valence-corrected chi connectivity index (χ4v) is 3.65. The Kier molecular flexibility index (Phi) is 7.30. The normalized spacial score (nSPS) is 16.2. The molecule has 3 amide bonds. The molecule has 1 aliphatic rings. The summed E-state index contributed by atoms with van der Waals surface area (Å²) >= 11 is 0. The molecule has 9 nitrogen and oxygen atoms in total. The Morgan fingerprint density at radius 1 is 1.06 bits per heavy atom. The van der Waals surface area contributed by atoms with Crippen LogP contribution in [0.2, 0.25) is 0 Å². The van der Waals surface area contributed by atoms with Crippen LogP contribution in [0.4, 0.5) is 16.3 Å².